The number of hydrogen-bond acceptors (Lipinski definition) is 5. The van der Waals surface area contributed by atoms with Crippen molar-refractivity contribution in [2.45, 2.75) is 0 Å². The van der Waals surface area contributed by atoms with Gasteiger partial charge in [0, 0.05) is 5.56 Å². The molecule has 0 aromatic heterocycles. The first kappa shape index (κ1) is 11.8. The van der Waals surface area contributed by atoms with Gasteiger partial charge in [-0.2, -0.15) is 5.12 Å². The quantitative estimate of drug-likeness (QED) is 0.146. The van der Waals surface area contributed by atoms with Crippen molar-refractivity contribution < 1.29 is 10.0 Å². The van der Waals surface area contributed by atoms with E-state index in [-0.39, 0.29) is 11.5 Å². The van der Waals surface area contributed by atoms with Gasteiger partial charge >= 0.3 is 0 Å². The largest absolute Gasteiger partial charge is 0.369 e. The van der Waals surface area contributed by atoms with E-state index in [1.165, 1.54) is 24.3 Å². The normalized spacial score (nSPS) is 9.38. The Bertz CT molecular complexity index is 397. The summed E-state index contributed by atoms with van der Waals surface area (Å²) in [4.78, 5) is 11.6. The van der Waals surface area contributed by atoms with E-state index in [0.717, 1.165) is 0 Å². The summed E-state index contributed by atoms with van der Waals surface area (Å²) in [6.07, 6.45) is 0. The number of nitrogens with one attached hydrogen (secondary N) is 1. The standard InChI is InChI=1S/C8H12N6O2/c9-8(10)12-14(11)7(15)5-1-3-6(13-16)4-2-5/h1-4,13,16H,11H2,(H4,9,10,12). The third kappa shape index (κ3) is 2.83. The first-order valence-electron chi connectivity index (χ1n) is 4.23. The number of benzene rings is 1. The molecule has 0 unspecified atom stereocenters. The van der Waals surface area contributed by atoms with Crippen molar-refractivity contribution in [1.82, 2.24) is 5.12 Å². The number of hydrazone groups is 1. The molecule has 16 heavy (non-hydrogen) atoms. The van der Waals surface area contributed by atoms with Crippen LogP contribution in [0.15, 0.2) is 29.4 Å². The molecule has 8 nitrogen and oxygen atoms in total. The molecule has 0 fully saturated rings. The highest BCUT2D eigenvalue weighted by Crippen LogP contribution is 2.09. The molecule has 8 N–H and O–H groups in total. The zero-order chi connectivity index (χ0) is 12.1. The molecule has 0 spiro atoms. The molecule has 0 heterocycles. The maximum Gasteiger partial charge on any atom is 0.288 e. The monoisotopic (exact) mass is 224 g/mol. The first-order valence-corrected chi connectivity index (χ1v) is 4.23. The predicted molar refractivity (Wildman–Crippen MR) is 58.0 cm³/mol. The molecule has 0 saturated heterocycles. The van der Waals surface area contributed by atoms with Gasteiger partial charge in [0.1, 0.15) is 0 Å². The summed E-state index contributed by atoms with van der Waals surface area (Å²) in [7, 11) is 0. The Kier molecular flexibility index (Phi) is 3.64. The van der Waals surface area contributed by atoms with E-state index in [1.54, 1.807) is 0 Å². The number of guanidine groups is 1. The zero-order valence-electron chi connectivity index (χ0n) is 8.29. The van der Waals surface area contributed by atoms with Crippen LogP contribution >= 0.6 is 0 Å². The van der Waals surface area contributed by atoms with E-state index < -0.39 is 5.91 Å². The highest BCUT2D eigenvalue weighted by atomic mass is 16.5. The molecule has 1 aromatic carbocycles. The van der Waals surface area contributed by atoms with Gasteiger partial charge in [0.25, 0.3) is 5.91 Å². The minimum Gasteiger partial charge on any atom is -0.369 e. The van der Waals surface area contributed by atoms with Crippen LogP contribution in [0.4, 0.5) is 5.69 Å². The van der Waals surface area contributed by atoms with Crippen LogP contribution in [0, 0.1) is 0 Å². The topological polar surface area (TPSA) is 143 Å². The number of hydrogen-bond donors (Lipinski definition) is 5. The summed E-state index contributed by atoms with van der Waals surface area (Å²) >= 11 is 0. The average Bonchev–Trinajstić information content (AvgIpc) is 2.27. The Labute approximate surface area is 91.2 Å². The minimum atomic E-state index is -0.571. The van der Waals surface area contributed by atoms with Crippen molar-refractivity contribution in [2.75, 3.05) is 5.48 Å². The third-order valence-corrected chi connectivity index (χ3v) is 1.69. The number of rotatable bonds is 3. The number of nitrogens with zero attached hydrogens (tertiary/aromatic N) is 2. The summed E-state index contributed by atoms with van der Waals surface area (Å²) in [5.74, 6) is 4.41. The van der Waals surface area contributed by atoms with E-state index in [1.807, 2.05) is 5.48 Å². The second-order valence-corrected chi connectivity index (χ2v) is 2.86. The lowest BCUT2D eigenvalue weighted by molar-refractivity contribution is 0.0760. The van der Waals surface area contributed by atoms with Gasteiger partial charge in [0.15, 0.2) is 0 Å². The van der Waals surface area contributed by atoms with Crippen LogP contribution in [0.3, 0.4) is 0 Å². The lowest BCUT2D eigenvalue weighted by Gasteiger charge is -2.10. The number of nitrogens with two attached hydrogens (primary N) is 3. The Hall–Kier alpha value is -2.32. The second-order valence-electron chi connectivity index (χ2n) is 2.86. The minimum absolute atomic E-state index is 0.284. The van der Waals surface area contributed by atoms with E-state index in [9.17, 15) is 4.79 Å². The predicted octanol–water partition coefficient (Wildman–Crippen LogP) is -1.01. The molecule has 0 saturated carbocycles. The molecule has 8 heteroatoms. The second kappa shape index (κ2) is 4.96. The number of hydrazine groups is 1. The van der Waals surface area contributed by atoms with Gasteiger partial charge in [-0.25, -0.2) is 5.84 Å². The molecule has 86 valence electrons. The maximum atomic E-state index is 11.6. The summed E-state index contributed by atoms with van der Waals surface area (Å²) in [6.45, 7) is 0. The first-order chi connectivity index (χ1) is 7.54. The van der Waals surface area contributed by atoms with Gasteiger partial charge in [-0.05, 0) is 24.3 Å². The molecule has 1 aromatic rings. The number of amides is 1. The van der Waals surface area contributed by atoms with Crippen molar-refractivity contribution in [3.8, 4) is 0 Å². The van der Waals surface area contributed by atoms with Crippen LogP contribution in [-0.2, 0) is 0 Å². The van der Waals surface area contributed by atoms with Crippen molar-refractivity contribution in [2.24, 2.45) is 22.4 Å². The van der Waals surface area contributed by atoms with Gasteiger partial charge in [-0.15, -0.1) is 5.10 Å². The molecule has 0 aliphatic carbocycles. The average molecular weight is 224 g/mol. The van der Waals surface area contributed by atoms with E-state index in [0.29, 0.717) is 10.8 Å². The zero-order valence-corrected chi connectivity index (χ0v) is 8.29. The number of carbonyl (C=O) groups is 1. The van der Waals surface area contributed by atoms with Crippen LogP contribution in [-0.4, -0.2) is 22.2 Å². The van der Waals surface area contributed by atoms with Gasteiger partial charge < -0.3 is 11.5 Å². The van der Waals surface area contributed by atoms with Gasteiger partial charge in [0.05, 0.1) is 5.69 Å². The van der Waals surface area contributed by atoms with Crippen molar-refractivity contribution in [3.63, 3.8) is 0 Å². The third-order valence-electron chi connectivity index (χ3n) is 1.69. The highest BCUT2D eigenvalue weighted by molar-refractivity contribution is 5.94. The van der Waals surface area contributed by atoms with Crippen molar-refractivity contribution >= 4 is 17.6 Å². The maximum absolute atomic E-state index is 11.6. The van der Waals surface area contributed by atoms with Crippen molar-refractivity contribution in [1.29, 1.82) is 0 Å². The number of anilines is 1. The molecule has 0 aliphatic heterocycles. The molecule has 0 radical (unpaired) electrons. The molecular weight excluding hydrogens is 212 g/mol. The number of carbonyl (C=O) groups excluding carboxylic acids is 1. The van der Waals surface area contributed by atoms with Crippen molar-refractivity contribution in [3.05, 3.63) is 29.8 Å². The van der Waals surface area contributed by atoms with E-state index in [4.69, 9.17) is 22.5 Å². The van der Waals surface area contributed by atoms with Gasteiger partial charge in [-0.3, -0.25) is 15.5 Å². The van der Waals surface area contributed by atoms with Crippen LogP contribution in [0.25, 0.3) is 0 Å². The van der Waals surface area contributed by atoms with Crippen LogP contribution in [0.5, 0.6) is 0 Å². The Morgan fingerprint density at radius 2 is 1.88 bits per heavy atom. The summed E-state index contributed by atoms with van der Waals surface area (Å²) < 4.78 is 0. The fourth-order valence-corrected chi connectivity index (χ4v) is 0.989. The van der Waals surface area contributed by atoms with Crippen LogP contribution in [0.1, 0.15) is 10.4 Å². The fourth-order valence-electron chi connectivity index (χ4n) is 0.989. The van der Waals surface area contributed by atoms with Crippen LogP contribution < -0.4 is 22.8 Å². The lowest BCUT2D eigenvalue weighted by Crippen LogP contribution is -2.37. The molecule has 1 amide bonds. The highest BCUT2D eigenvalue weighted by Gasteiger charge is 2.11. The van der Waals surface area contributed by atoms with Crippen LogP contribution in [0.2, 0.25) is 0 Å². The molecule has 1 rings (SSSR count). The molecule has 0 atom stereocenters. The summed E-state index contributed by atoms with van der Waals surface area (Å²) in [6, 6.07) is 5.92. The molecule has 0 aliphatic rings. The SMILES string of the molecule is NC(N)=NN(N)C(=O)c1ccc(NO)cc1. The Morgan fingerprint density at radius 3 is 2.31 bits per heavy atom. The van der Waals surface area contributed by atoms with Gasteiger partial charge in [-0.1, -0.05) is 0 Å². The summed E-state index contributed by atoms with van der Waals surface area (Å²) in [5, 5.41) is 12.5. The molecular formula is C8H12N6O2. The van der Waals surface area contributed by atoms with Gasteiger partial charge in [0.2, 0.25) is 5.96 Å². The van der Waals surface area contributed by atoms with E-state index >= 15 is 0 Å². The Morgan fingerprint density at radius 1 is 1.31 bits per heavy atom. The van der Waals surface area contributed by atoms with E-state index in [2.05, 4.69) is 5.10 Å². The Balaban J connectivity index is 2.84. The smallest absolute Gasteiger partial charge is 0.288 e. The molecule has 0 bridgehead atoms. The summed E-state index contributed by atoms with van der Waals surface area (Å²) in [5.41, 5.74) is 12.8. The lowest BCUT2D eigenvalue weighted by atomic mass is 10.2. The fraction of sp³-hybridized carbons (Fsp3) is 0.